The van der Waals surface area contributed by atoms with Crippen molar-refractivity contribution in [2.24, 2.45) is 5.41 Å². The van der Waals surface area contributed by atoms with Crippen molar-refractivity contribution >= 4 is 17.5 Å². The van der Waals surface area contributed by atoms with Gasteiger partial charge in [-0.1, -0.05) is 6.07 Å². The van der Waals surface area contributed by atoms with E-state index in [2.05, 4.69) is 11.4 Å². The zero-order valence-electron chi connectivity index (χ0n) is 12.7. The molecule has 1 aliphatic heterocycles. The third-order valence-corrected chi connectivity index (χ3v) is 4.47. The molecule has 4 nitrogen and oxygen atoms in total. The molecule has 2 fully saturated rings. The third kappa shape index (κ3) is 2.67. The number of hydrogen-bond acceptors (Lipinski definition) is 2. The quantitative estimate of drug-likeness (QED) is 0.868. The maximum atomic E-state index is 12.6. The van der Waals surface area contributed by atoms with Crippen molar-refractivity contribution in [3.63, 3.8) is 0 Å². The SMILES string of the molecule is Cc1cc(C)cc(NC(=O)C2(C(=O)N3CCCC3)CC2)c1. The second-order valence-corrected chi connectivity index (χ2v) is 6.41. The van der Waals surface area contributed by atoms with Gasteiger partial charge in [-0.25, -0.2) is 0 Å². The summed E-state index contributed by atoms with van der Waals surface area (Å²) in [4.78, 5) is 27.0. The molecule has 1 aromatic carbocycles. The van der Waals surface area contributed by atoms with Crippen LogP contribution in [0.5, 0.6) is 0 Å². The summed E-state index contributed by atoms with van der Waals surface area (Å²) in [6.07, 6.45) is 3.47. The number of benzene rings is 1. The van der Waals surface area contributed by atoms with E-state index in [-0.39, 0.29) is 11.8 Å². The van der Waals surface area contributed by atoms with E-state index in [9.17, 15) is 9.59 Å². The number of rotatable bonds is 3. The average molecular weight is 286 g/mol. The van der Waals surface area contributed by atoms with Crippen molar-refractivity contribution in [2.45, 2.75) is 39.5 Å². The second kappa shape index (κ2) is 5.17. The number of amides is 2. The smallest absolute Gasteiger partial charge is 0.240 e. The van der Waals surface area contributed by atoms with Gasteiger partial charge < -0.3 is 10.2 Å². The van der Waals surface area contributed by atoms with Gasteiger partial charge in [0, 0.05) is 18.8 Å². The molecule has 0 bridgehead atoms. The van der Waals surface area contributed by atoms with Crippen molar-refractivity contribution in [3.05, 3.63) is 29.3 Å². The van der Waals surface area contributed by atoms with E-state index in [1.54, 1.807) is 0 Å². The van der Waals surface area contributed by atoms with E-state index in [1.165, 1.54) is 0 Å². The Kier molecular flexibility index (Phi) is 3.47. The van der Waals surface area contributed by atoms with Gasteiger partial charge in [0.25, 0.3) is 0 Å². The highest BCUT2D eigenvalue weighted by atomic mass is 16.2. The molecule has 21 heavy (non-hydrogen) atoms. The molecule has 0 aromatic heterocycles. The van der Waals surface area contributed by atoms with E-state index < -0.39 is 5.41 Å². The molecule has 112 valence electrons. The zero-order chi connectivity index (χ0) is 15.0. The standard InChI is InChI=1S/C17H22N2O2/c1-12-9-13(2)11-14(10-12)18-15(20)17(5-6-17)16(21)19-7-3-4-8-19/h9-11H,3-8H2,1-2H3,(H,18,20). The van der Waals surface area contributed by atoms with Gasteiger partial charge in [-0.2, -0.15) is 0 Å². The highest BCUT2D eigenvalue weighted by molar-refractivity contribution is 6.13. The van der Waals surface area contributed by atoms with Gasteiger partial charge in [0.05, 0.1) is 0 Å². The number of nitrogens with zero attached hydrogens (tertiary/aromatic N) is 1. The highest BCUT2D eigenvalue weighted by Gasteiger charge is 2.58. The summed E-state index contributed by atoms with van der Waals surface area (Å²) in [6, 6.07) is 5.96. The fourth-order valence-corrected chi connectivity index (χ4v) is 3.18. The van der Waals surface area contributed by atoms with E-state index >= 15 is 0 Å². The molecule has 1 N–H and O–H groups in total. The van der Waals surface area contributed by atoms with Crippen LogP contribution in [-0.2, 0) is 9.59 Å². The van der Waals surface area contributed by atoms with Crippen LogP contribution in [0.25, 0.3) is 0 Å². The first-order valence-electron chi connectivity index (χ1n) is 7.70. The summed E-state index contributed by atoms with van der Waals surface area (Å²) in [5.41, 5.74) is 2.22. The number of likely N-dealkylation sites (tertiary alicyclic amines) is 1. The molecule has 0 spiro atoms. The summed E-state index contributed by atoms with van der Waals surface area (Å²) in [5.74, 6) is -0.105. The first-order chi connectivity index (χ1) is 10.0. The van der Waals surface area contributed by atoms with Gasteiger partial charge in [0.15, 0.2) is 0 Å². The Labute approximate surface area is 125 Å². The summed E-state index contributed by atoms with van der Waals surface area (Å²) in [6.45, 7) is 5.62. The van der Waals surface area contributed by atoms with Crippen LogP contribution in [0.15, 0.2) is 18.2 Å². The maximum absolute atomic E-state index is 12.6. The van der Waals surface area contributed by atoms with E-state index in [0.29, 0.717) is 12.8 Å². The van der Waals surface area contributed by atoms with Gasteiger partial charge in [-0.15, -0.1) is 0 Å². The van der Waals surface area contributed by atoms with Gasteiger partial charge >= 0.3 is 0 Å². The van der Waals surface area contributed by atoms with Crippen LogP contribution in [0.2, 0.25) is 0 Å². The van der Waals surface area contributed by atoms with E-state index in [4.69, 9.17) is 0 Å². The molecular weight excluding hydrogens is 264 g/mol. The Bertz CT molecular complexity index is 564. The van der Waals surface area contributed by atoms with Crippen molar-refractivity contribution in [1.29, 1.82) is 0 Å². The molecule has 4 heteroatoms. The minimum absolute atomic E-state index is 0.0295. The lowest BCUT2D eigenvalue weighted by atomic mass is 10.0. The predicted molar refractivity (Wildman–Crippen MR) is 82.0 cm³/mol. The maximum Gasteiger partial charge on any atom is 0.240 e. The lowest BCUT2D eigenvalue weighted by Gasteiger charge is -2.22. The largest absolute Gasteiger partial charge is 0.342 e. The van der Waals surface area contributed by atoms with Crippen LogP contribution >= 0.6 is 0 Å². The first kappa shape index (κ1) is 14.1. The Hall–Kier alpha value is -1.84. The predicted octanol–water partition coefficient (Wildman–Crippen LogP) is 2.64. The van der Waals surface area contributed by atoms with Crippen LogP contribution in [0, 0.1) is 19.3 Å². The number of hydrogen-bond donors (Lipinski definition) is 1. The minimum atomic E-state index is -0.790. The molecule has 3 rings (SSSR count). The summed E-state index contributed by atoms with van der Waals surface area (Å²) >= 11 is 0. The van der Waals surface area contributed by atoms with Crippen LogP contribution < -0.4 is 5.32 Å². The lowest BCUT2D eigenvalue weighted by Crippen LogP contribution is -2.41. The number of nitrogens with one attached hydrogen (secondary N) is 1. The number of anilines is 1. The van der Waals surface area contributed by atoms with Crippen molar-refractivity contribution in [1.82, 2.24) is 4.90 Å². The van der Waals surface area contributed by atoms with Gasteiger partial charge in [0.1, 0.15) is 5.41 Å². The second-order valence-electron chi connectivity index (χ2n) is 6.41. The molecule has 0 atom stereocenters. The molecule has 1 aliphatic carbocycles. The molecular formula is C17H22N2O2. The van der Waals surface area contributed by atoms with Crippen LogP contribution in [0.1, 0.15) is 36.8 Å². The highest BCUT2D eigenvalue weighted by Crippen LogP contribution is 2.48. The van der Waals surface area contributed by atoms with Crippen molar-refractivity contribution in [3.8, 4) is 0 Å². The van der Waals surface area contributed by atoms with Gasteiger partial charge in [-0.05, 0) is 62.8 Å². The summed E-state index contributed by atoms with van der Waals surface area (Å²) < 4.78 is 0. The molecule has 2 amide bonds. The molecule has 1 aromatic rings. The van der Waals surface area contributed by atoms with Gasteiger partial charge in [0.2, 0.25) is 11.8 Å². The number of carbonyl (C=O) groups excluding carboxylic acids is 2. The molecule has 1 heterocycles. The normalized spacial score (nSPS) is 19.4. The van der Waals surface area contributed by atoms with E-state index in [0.717, 1.165) is 42.7 Å². The van der Waals surface area contributed by atoms with Crippen LogP contribution in [-0.4, -0.2) is 29.8 Å². The van der Waals surface area contributed by atoms with Crippen LogP contribution in [0.3, 0.4) is 0 Å². The summed E-state index contributed by atoms with van der Waals surface area (Å²) in [5, 5.41) is 2.94. The summed E-state index contributed by atoms with van der Waals surface area (Å²) in [7, 11) is 0. The topological polar surface area (TPSA) is 49.4 Å². The van der Waals surface area contributed by atoms with Crippen molar-refractivity contribution in [2.75, 3.05) is 18.4 Å². The Morgan fingerprint density at radius 3 is 2.14 bits per heavy atom. The molecule has 2 aliphatic rings. The molecule has 1 saturated carbocycles. The minimum Gasteiger partial charge on any atom is -0.342 e. The first-order valence-corrected chi connectivity index (χ1v) is 7.70. The molecule has 1 saturated heterocycles. The molecule has 0 unspecified atom stereocenters. The van der Waals surface area contributed by atoms with Crippen molar-refractivity contribution < 1.29 is 9.59 Å². The number of aryl methyl sites for hydroxylation is 2. The third-order valence-electron chi connectivity index (χ3n) is 4.47. The van der Waals surface area contributed by atoms with E-state index in [1.807, 2.05) is 30.9 Å². The zero-order valence-corrected chi connectivity index (χ0v) is 12.7. The Morgan fingerprint density at radius 1 is 1.05 bits per heavy atom. The van der Waals surface area contributed by atoms with Crippen LogP contribution in [0.4, 0.5) is 5.69 Å². The average Bonchev–Trinajstić information content (AvgIpc) is 3.04. The fourth-order valence-electron chi connectivity index (χ4n) is 3.18. The fraction of sp³-hybridized carbons (Fsp3) is 0.529. The Morgan fingerprint density at radius 2 is 1.62 bits per heavy atom. The molecule has 0 radical (unpaired) electrons. The number of carbonyl (C=O) groups is 2. The Balaban J connectivity index is 1.73. The van der Waals surface area contributed by atoms with Gasteiger partial charge in [-0.3, -0.25) is 9.59 Å². The lowest BCUT2D eigenvalue weighted by molar-refractivity contribution is -0.141. The monoisotopic (exact) mass is 286 g/mol.